The number of benzene rings is 2. The summed E-state index contributed by atoms with van der Waals surface area (Å²) in [6, 6.07) is 20.5. The summed E-state index contributed by atoms with van der Waals surface area (Å²) in [6.45, 7) is 4.61. The van der Waals surface area contributed by atoms with Gasteiger partial charge in [-0.3, -0.25) is 24.1 Å². The van der Waals surface area contributed by atoms with E-state index in [1.54, 1.807) is 17.0 Å². The summed E-state index contributed by atoms with van der Waals surface area (Å²) >= 11 is 0. The number of carbonyl (C=O) groups excluding carboxylic acids is 3. The Morgan fingerprint density at radius 1 is 0.791 bits per heavy atom. The summed E-state index contributed by atoms with van der Waals surface area (Å²) in [5, 5.41) is 3.08. The van der Waals surface area contributed by atoms with Crippen molar-refractivity contribution >= 4 is 23.4 Å². The molecule has 3 amide bonds. The van der Waals surface area contributed by atoms with Crippen molar-refractivity contribution in [3.8, 4) is 0 Å². The van der Waals surface area contributed by atoms with E-state index in [0.29, 0.717) is 48.2 Å². The highest BCUT2D eigenvalue weighted by Gasteiger charge is 2.47. The molecule has 0 saturated carbocycles. The van der Waals surface area contributed by atoms with Crippen molar-refractivity contribution in [3.05, 3.63) is 99.5 Å². The monoisotopic (exact) mass is 579 g/mol. The Balaban J connectivity index is 0.881. The van der Waals surface area contributed by atoms with Crippen molar-refractivity contribution in [2.45, 2.75) is 50.7 Å². The van der Waals surface area contributed by atoms with E-state index in [1.165, 1.54) is 0 Å². The maximum atomic E-state index is 13.5. The molecule has 1 N–H and O–H groups in total. The summed E-state index contributed by atoms with van der Waals surface area (Å²) in [4.78, 5) is 57.7. The molecule has 2 bridgehead atoms. The lowest BCUT2D eigenvalue weighted by Crippen LogP contribution is -2.48. The zero-order chi connectivity index (χ0) is 29.5. The summed E-state index contributed by atoms with van der Waals surface area (Å²) in [7, 11) is 0. The fourth-order valence-corrected chi connectivity index (χ4v) is 7.56. The van der Waals surface area contributed by atoms with Crippen LogP contribution in [-0.4, -0.2) is 64.8 Å². The van der Waals surface area contributed by atoms with E-state index in [4.69, 9.17) is 0 Å². The Kier molecular flexibility index (Phi) is 7.34. The number of rotatable bonds is 9. The van der Waals surface area contributed by atoms with Crippen LogP contribution in [0.2, 0.25) is 0 Å². The summed E-state index contributed by atoms with van der Waals surface area (Å²) < 4.78 is 1.94. The number of nitrogens with one attached hydrogen (secondary N) is 1. The summed E-state index contributed by atoms with van der Waals surface area (Å²) in [5.41, 5.74) is 3.97. The second-order valence-electron chi connectivity index (χ2n) is 12.3. The van der Waals surface area contributed by atoms with Gasteiger partial charge in [-0.2, -0.15) is 0 Å². The molecule has 222 valence electrons. The van der Waals surface area contributed by atoms with E-state index in [2.05, 4.69) is 16.3 Å². The summed E-state index contributed by atoms with van der Waals surface area (Å²) in [6.07, 6.45) is 3.46. The molecule has 7 rings (SSSR count). The molecule has 4 aliphatic heterocycles. The SMILES string of the molecule is O=C(CCCCCN1C(=O)c2ccccc2N2C(=O)c3ccccc3C12)NCCN1CC2CC(C1)c1cccc(=O)n1C2. The molecule has 1 saturated heterocycles. The standard InChI is InChI=1S/C34H37N5O4/c40-30(35-16-18-36-20-23-19-24(22-36)28-13-8-15-31(41)38(28)21-23)14-2-1-7-17-37-32-25-9-3-4-10-26(25)34(43)39(32)29-12-6-5-11-27(29)33(37)42/h3-6,8-13,15,23-24,32H,1-2,7,14,16-22H2,(H,35,40). The average molecular weight is 580 g/mol. The number of anilines is 1. The van der Waals surface area contributed by atoms with E-state index in [9.17, 15) is 19.2 Å². The first-order chi connectivity index (χ1) is 21.0. The molecule has 1 fully saturated rings. The number of aromatic nitrogens is 1. The van der Waals surface area contributed by atoms with Crippen LogP contribution in [0, 0.1) is 5.92 Å². The zero-order valence-corrected chi connectivity index (χ0v) is 24.3. The molecule has 4 aliphatic rings. The highest BCUT2D eigenvalue weighted by molar-refractivity contribution is 6.16. The Hall–Kier alpha value is -4.24. The van der Waals surface area contributed by atoms with Gasteiger partial charge in [-0.15, -0.1) is 0 Å². The molecule has 2 aromatic carbocycles. The van der Waals surface area contributed by atoms with Gasteiger partial charge >= 0.3 is 0 Å². The molecule has 0 aliphatic carbocycles. The third-order valence-corrected chi connectivity index (χ3v) is 9.49. The molecule has 3 unspecified atom stereocenters. The topological polar surface area (TPSA) is 95.0 Å². The number of nitrogens with zero attached hydrogens (tertiary/aromatic N) is 4. The molecule has 3 atom stereocenters. The Labute approximate surface area is 251 Å². The number of hydrogen-bond acceptors (Lipinski definition) is 5. The lowest BCUT2D eigenvalue weighted by molar-refractivity contribution is -0.121. The van der Waals surface area contributed by atoms with Gasteiger partial charge in [0.15, 0.2) is 0 Å². The smallest absolute Gasteiger partial charge is 0.260 e. The summed E-state index contributed by atoms with van der Waals surface area (Å²) in [5.74, 6) is 0.774. The number of unbranched alkanes of at least 4 members (excludes halogenated alkanes) is 2. The molecule has 1 aromatic heterocycles. The van der Waals surface area contributed by atoms with E-state index in [1.807, 2.05) is 58.0 Å². The fraction of sp³-hybridized carbons (Fsp3) is 0.412. The fourth-order valence-electron chi connectivity index (χ4n) is 7.56. The van der Waals surface area contributed by atoms with Crippen LogP contribution in [0.1, 0.15) is 76.2 Å². The number of fused-ring (bicyclic) bond motifs is 9. The van der Waals surface area contributed by atoms with Crippen molar-refractivity contribution in [2.24, 2.45) is 5.92 Å². The van der Waals surface area contributed by atoms with E-state index in [-0.39, 0.29) is 23.3 Å². The highest BCUT2D eigenvalue weighted by Crippen LogP contribution is 2.45. The van der Waals surface area contributed by atoms with Crippen LogP contribution in [0.25, 0.3) is 0 Å². The van der Waals surface area contributed by atoms with Gasteiger partial charge in [0.25, 0.3) is 17.4 Å². The maximum Gasteiger partial charge on any atom is 0.260 e. The minimum atomic E-state index is -0.432. The maximum absolute atomic E-state index is 13.5. The normalized spacial score (nSPS) is 22.1. The van der Waals surface area contributed by atoms with Gasteiger partial charge in [0.05, 0.1) is 11.3 Å². The minimum absolute atomic E-state index is 0.0542. The van der Waals surface area contributed by atoms with Gasteiger partial charge in [-0.1, -0.05) is 42.8 Å². The Morgan fingerprint density at radius 3 is 2.49 bits per heavy atom. The van der Waals surface area contributed by atoms with Crippen LogP contribution in [0.15, 0.2) is 71.5 Å². The second-order valence-corrected chi connectivity index (χ2v) is 12.3. The lowest BCUT2D eigenvalue weighted by atomic mass is 9.83. The first kappa shape index (κ1) is 27.6. The van der Waals surface area contributed by atoms with Crippen molar-refractivity contribution in [1.82, 2.24) is 19.7 Å². The molecular formula is C34H37N5O4. The number of pyridine rings is 1. The van der Waals surface area contributed by atoms with E-state index >= 15 is 0 Å². The molecular weight excluding hydrogens is 542 g/mol. The zero-order valence-electron chi connectivity index (χ0n) is 24.3. The van der Waals surface area contributed by atoms with Crippen LogP contribution in [0.4, 0.5) is 5.69 Å². The van der Waals surface area contributed by atoms with Gasteiger partial charge in [0, 0.05) is 74.5 Å². The van der Waals surface area contributed by atoms with Gasteiger partial charge in [-0.05, 0) is 49.4 Å². The van der Waals surface area contributed by atoms with Gasteiger partial charge < -0.3 is 19.7 Å². The first-order valence-corrected chi connectivity index (χ1v) is 15.5. The van der Waals surface area contributed by atoms with E-state index in [0.717, 1.165) is 63.1 Å². The van der Waals surface area contributed by atoms with Crippen LogP contribution in [-0.2, 0) is 11.3 Å². The van der Waals surface area contributed by atoms with Gasteiger partial charge in [0.2, 0.25) is 5.91 Å². The predicted octanol–water partition coefficient (Wildman–Crippen LogP) is 3.76. The van der Waals surface area contributed by atoms with Gasteiger partial charge in [-0.25, -0.2) is 0 Å². The predicted molar refractivity (Wildman–Crippen MR) is 163 cm³/mol. The molecule has 9 heteroatoms. The minimum Gasteiger partial charge on any atom is -0.355 e. The number of hydrogen-bond donors (Lipinski definition) is 1. The average Bonchev–Trinajstić information content (AvgIpc) is 3.31. The largest absolute Gasteiger partial charge is 0.355 e. The third-order valence-electron chi connectivity index (χ3n) is 9.49. The lowest BCUT2D eigenvalue weighted by Gasteiger charge is -2.42. The molecule has 3 aromatic rings. The number of carbonyl (C=O) groups is 3. The molecule has 5 heterocycles. The van der Waals surface area contributed by atoms with Crippen LogP contribution in [0.3, 0.4) is 0 Å². The van der Waals surface area contributed by atoms with Crippen LogP contribution >= 0.6 is 0 Å². The third kappa shape index (κ3) is 5.05. The number of piperidine rings is 1. The van der Waals surface area contributed by atoms with Crippen LogP contribution < -0.4 is 15.8 Å². The molecule has 0 radical (unpaired) electrons. The highest BCUT2D eigenvalue weighted by atomic mass is 16.2. The first-order valence-electron chi connectivity index (χ1n) is 15.5. The van der Waals surface area contributed by atoms with Crippen molar-refractivity contribution in [3.63, 3.8) is 0 Å². The molecule has 9 nitrogen and oxygen atoms in total. The Morgan fingerprint density at radius 2 is 1.60 bits per heavy atom. The van der Waals surface area contributed by atoms with Crippen molar-refractivity contribution in [2.75, 3.05) is 37.6 Å². The Bertz CT molecular complexity index is 1630. The number of amides is 3. The van der Waals surface area contributed by atoms with E-state index < -0.39 is 6.17 Å². The quantitative estimate of drug-likeness (QED) is 0.390. The number of para-hydroxylation sites is 1. The van der Waals surface area contributed by atoms with Crippen molar-refractivity contribution in [1.29, 1.82) is 0 Å². The van der Waals surface area contributed by atoms with Gasteiger partial charge in [0.1, 0.15) is 6.17 Å². The number of likely N-dealkylation sites (tertiary alicyclic amines) is 1. The van der Waals surface area contributed by atoms with Crippen LogP contribution in [0.5, 0.6) is 0 Å². The molecule has 0 spiro atoms. The van der Waals surface area contributed by atoms with Crippen molar-refractivity contribution < 1.29 is 14.4 Å². The molecule has 43 heavy (non-hydrogen) atoms. The second kappa shape index (κ2) is 11.4.